The van der Waals surface area contributed by atoms with Gasteiger partial charge >= 0.3 is 11.9 Å². The van der Waals surface area contributed by atoms with Crippen molar-refractivity contribution >= 4 is 17.5 Å². The van der Waals surface area contributed by atoms with E-state index in [1.54, 1.807) is 19.1 Å². The Kier molecular flexibility index (Phi) is 3.98. The van der Waals surface area contributed by atoms with Gasteiger partial charge < -0.3 is 9.47 Å². The van der Waals surface area contributed by atoms with Gasteiger partial charge in [-0.2, -0.15) is 0 Å². The van der Waals surface area contributed by atoms with E-state index in [4.69, 9.17) is 9.47 Å². The maximum absolute atomic E-state index is 12.0. The third kappa shape index (κ3) is 2.75. The van der Waals surface area contributed by atoms with Crippen molar-refractivity contribution in [3.8, 4) is 0 Å². The third-order valence-corrected chi connectivity index (χ3v) is 3.92. The van der Waals surface area contributed by atoms with E-state index in [-0.39, 0.29) is 11.9 Å². The van der Waals surface area contributed by atoms with Gasteiger partial charge in [0.1, 0.15) is 0 Å². The smallest absolute Gasteiger partial charge is 0.337 e. The number of carbonyl (C=O) groups excluding carboxylic acids is 2. The van der Waals surface area contributed by atoms with E-state index in [1.165, 1.54) is 7.11 Å². The minimum absolute atomic E-state index is 0.314. The highest BCUT2D eigenvalue weighted by molar-refractivity contribution is 6.02. The number of rotatable bonds is 3. The normalized spacial score (nSPS) is 17.1. The minimum atomic E-state index is -0.423. The molecule has 2 aromatic carbocycles. The summed E-state index contributed by atoms with van der Waals surface area (Å²) in [4.78, 5) is 23.5. The molecule has 0 aliphatic carbocycles. The number of ether oxygens (including phenoxy) is 2. The van der Waals surface area contributed by atoms with E-state index in [0.29, 0.717) is 11.1 Å². The standard InChI is InChI=1S/C19H16O4/c1-12-16(13-8-10-15(11-9-13)19(21)22-2)17(23-18(12)20)14-6-4-3-5-7-14/h3-11,17H,1-2H3. The van der Waals surface area contributed by atoms with Crippen LogP contribution < -0.4 is 0 Å². The van der Waals surface area contributed by atoms with Crippen molar-refractivity contribution in [3.05, 3.63) is 76.9 Å². The fourth-order valence-electron chi connectivity index (χ4n) is 2.70. The lowest BCUT2D eigenvalue weighted by atomic mass is 9.93. The molecule has 1 atom stereocenters. The summed E-state index contributed by atoms with van der Waals surface area (Å²) in [6.07, 6.45) is -0.423. The van der Waals surface area contributed by atoms with Crippen molar-refractivity contribution in [1.82, 2.24) is 0 Å². The molecule has 0 N–H and O–H groups in total. The molecule has 4 nitrogen and oxygen atoms in total. The van der Waals surface area contributed by atoms with Crippen molar-refractivity contribution in [2.24, 2.45) is 0 Å². The summed E-state index contributed by atoms with van der Waals surface area (Å²) in [5, 5.41) is 0. The van der Waals surface area contributed by atoms with E-state index >= 15 is 0 Å². The van der Waals surface area contributed by atoms with Crippen LogP contribution in [0.3, 0.4) is 0 Å². The van der Waals surface area contributed by atoms with Crippen molar-refractivity contribution in [2.45, 2.75) is 13.0 Å². The second-order valence-corrected chi connectivity index (χ2v) is 5.30. The Hall–Kier alpha value is -2.88. The van der Waals surface area contributed by atoms with Crippen LogP contribution in [0.4, 0.5) is 0 Å². The summed E-state index contributed by atoms with van der Waals surface area (Å²) in [6, 6.07) is 16.6. The largest absolute Gasteiger partial charge is 0.465 e. The van der Waals surface area contributed by atoms with Crippen LogP contribution in [0, 0.1) is 0 Å². The van der Waals surface area contributed by atoms with Crippen LogP contribution in [0.15, 0.2) is 60.2 Å². The molecule has 1 heterocycles. The molecule has 1 aliphatic heterocycles. The Labute approximate surface area is 134 Å². The summed E-state index contributed by atoms with van der Waals surface area (Å²) < 4.78 is 10.2. The summed E-state index contributed by atoms with van der Waals surface area (Å²) in [7, 11) is 1.35. The zero-order chi connectivity index (χ0) is 16.4. The Morgan fingerprint density at radius 3 is 2.30 bits per heavy atom. The minimum Gasteiger partial charge on any atom is -0.465 e. The van der Waals surface area contributed by atoms with Crippen molar-refractivity contribution in [3.63, 3.8) is 0 Å². The Morgan fingerprint density at radius 1 is 1.04 bits per heavy atom. The number of hydrogen-bond acceptors (Lipinski definition) is 4. The Balaban J connectivity index is 2.01. The zero-order valence-electron chi connectivity index (χ0n) is 12.9. The first-order valence-corrected chi connectivity index (χ1v) is 7.27. The lowest BCUT2D eigenvalue weighted by Crippen LogP contribution is -2.04. The fourth-order valence-corrected chi connectivity index (χ4v) is 2.70. The highest BCUT2D eigenvalue weighted by atomic mass is 16.5. The molecule has 0 fully saturated rings. The first-order chi connectivity index (χ1) is 11.1. The monoisotopic (exact) mass is 308 g/mol. The predicted molar refractivity (Wildman–Crippen MR) is 85.7 cm³/mol. The number of methoxy groups -OCH3 is 1. The van der Waals surface area contributed by atoms with Gasteiger partial charge in [0, 0.05) is 11.1 Å². The van der Waals surface area contributed by atoms with Crippen LogP contribution in [0.25, 0.3) is 5.57 Å². The first kappa shape index (κ1) is 15.0. The summed E-state index contributed by atoms with van der Waals surface area (Å²) in [6.45, 7) is 1.76. The number of carbonyl (C=O) groups is 2. The van der Waals surface area contributed by atoms with Gasteiger partial charge in [-0.3, -0.25) is 0 Å². The average molecular weight is 308 g/mol. The molecule has 4 heteroatoms. The number of cyclic esters (lactones) is 1. The van der Waals surface area contributed by atoms with Gasteiger partial charge in [0.2, 0.25) is 0 Å². The number of benzene rings is 2. The van der Waals surface area contributed by atoms with Crippen LogP contribution >= 0.6 is 0 Å². The predicted octanol–water partition coefficient (Wildman–Crippen LogP) is 3.54. The molecule has 23 heavy (non-hydrogen) atoms. The molecular formula is C19H16O4. The third-order valence-electron chi connectivity index (χ3n) is 3.92. The van der Waals surface area contributed by atoms with Crippen molar-refractivity contribution < 1.29 is 19.1 Å². The second kappa shape index (κ2) is 6.08. The average Bonchev–Trinajstić information content (AvgIpc) is 2.90. The van der Waals surface area contributed by atoms with E-state index in [9.17, 15) is 9.59 Å². The topological polar surface area (TPSA) is 52.6 Å². The summed E-state index contributed by atoms with van der Waals surface area (Å²) >= 11 is 0. The SMILES string of the molecule is COC(=O)c1ccc(C2=C(C)C(=O)OC2c2ccccc2)cc1. The summed E-state index contributed by atoms with van der Waals surface area (Å²) in [5.41, 5.74) is 3.66. The molecular weight excluding hydrogens is 292 g/mol. The number of esters is 2. The van der Waals surface area contributed by atoms with Gasteiger partial charge in [0.15, 0.2) is 6.10 Å². The van der Waals surface area contributed by atoms with Gasteiger partial charge in [-0.1, -0.05) is 42.5 Å². The fraction of sp³-hybridized carbons (Fsp3) is 0.158. The van der Waals surface area contributed by atoms with Gasteiger partial charge in [0.25, 0.3) is 0 Å². The van der Waals surface area contributed by atoms with Crippen LogP contribution in [0.5, 0.6) is 0 Å². The number of hydrogen-bond donors (Lipinski definition) is 0. The molecule has 0 aromatic heterocycles. The van der Waals surface area contributed by atoms with Crippen LogP contribution in [-0.4, -0.2) is 19.0 Å². The highest BCUT2D eigenvalue weighted by Crippen LogP contribution is 2.41. The highest BCUT2D eigenvalue weighted by Gasteiger charge is 2.33. The van der Waals surface area contributed by atoms with E-state index < -0.39 is 6.10 Å². The molecule has 0 spiro atoms. The molecule has 0 radical (unpaired) electrons. The molecule has 0 amide bonds. The first-order valence-electron chi connectivity index (χ1n) is 7.27. The van der Waals surface area contributed by atoms with Crippen LogP contribution in [-0.2, 0) is 14.3 Å². The van der Waals surface area contributed by atoms with Crippen molar-refractivity contribution in [1.29, 1.82) is 0 Å². The molecule has 0 saturated carbocycles. The van der Waals surface area contributed by atoms with E-state index in [1.807, 2.05) is 42.5 Å². The van der Waals surface area contributed by atoms with Crippen molar-refractivity contribution in [2.75, 3.05) is 7.11 Å². The maximum Gasteiger partial charge on any atom is 0.337 e. The molecule has 2 aromatic rings. The lowest BCUT2D eigenvalue weighted by Gasteiger charge is -2.15. The molecule has 116 valence electrons. The molecule has 1 aliphatic rings. The Bertz CT molecular complexity index is 773. The Morgan fingerprint density at radius 2 is 1.70 bits per heavy atom. The summed E-state index contributed by atoms with van der Waals surface area (Å²) in [5.74, 6) is -0.702. The zero-order valence-corrected chi connectivity index (χ0v) is 12.9. The lowest BCUT2D eigenvalue weighted by molar-refractivity contribution is -0.139. The quantitative estimate of drug-likeness (QED) is 0.814. The van der Waals surface area contributed by atoms with E-state index in [2.05, 4.69) is 0 Å². The second-order valence-electron chi connectivity index (χ2n) is 5.30. The van der Waals surface area contributed by atoms with Gasteiger partial charge in [-0.05, 0) is 30.2 Å². The van der Waals surface area contributed by atoms with Gasteiger partial charge in [-0.25, -0.2) is 9.59 Å². The van der Waals surface area contributed by atoms with Crippen LogP contribution in [0.2, 0.25) is 0 Å². The van der Waals surface area contributed by atoms with E-state index in [0.717, 1.165) is 16.7 Å². The molecule has 0 saturated heterocycles. The van der Waals surface area contributed by atoms with Crippen LogP contribution in [0.1, 0.15) is 34.5 Å². The maximum atomic E-state index is 12.0. The molecule has 1 unspecified atom stereocenters. The molecule has 0 bridgehead atoms. The molecule has 3 rings (SSSR count). The van der Waals surface area contributed by atoms with Gasteiger partial charge in [0.05, 0.1) is 12.7 Å². The van der Waals surface area contributed by atoms with Gasteiger partial charge in [-0.15, -0.1) is 0 Å².